The first-order valence-corrected chi connectivity index (χ1v) is 17.1. The maximum absolute atomic E-state index is 13.8. The summed E-state index contributed by atoms with van der Waals surface area (Å²) in [5, 5.41) is 7.89. The minimum Gasteiger partial charge on any atom is -0.367 e. The van der Waals surface area contributed by atoms with Gasteiger partial charge in [0.1, 0.15) is 22.3 Å². The highest BCUT2D eigenvalue weighted by Crippen LogP contribution is 2.41. The van der Waals surface area contributed by atoms with Crippen molar-refractivity contribution in [2.24, 2.45) is 0 Å². The molecule has 3 aromatic rings. The van der Waals surface area contributed by atoms with Gasteiger partial charge in [0.15, 0.2) is 0 Å². The van der Waals surface area contributed by atoms with Gasteiger partial charge < -0.3 is 10.6 Å². The Morgan fingerprint density at radius 3 is 2.44 bits per heavy atom. The SMILES string of the molecule is CC1CC(Nc2cc3nc(CN4CCC(F)(F)CC4)ccc3c(NC3C[C@H]4CC[C@@H](C3)N4S(=O)(=O)c3cncc(F)c3)n2)NN1. The summed E-state index contributed by atoms with van der Waals surface area (Å²) in [4.78, 5) is 15.5. The lowest BCUT2D eigenvalue weighted by Crippen LogP contribution is -2.49. The summed E-state index contributed by atoms with van der Waals surface area (Å²) >= 11 is 0. The number of fused-ring (bicyclic) bond motifs is 3. The maximum atomic E-state index is 13.8. The van der Waals surface area contributed by atoms with Gasteiger partial charge in [0.05, 0.1) is 23.6 Å². The van der Waals surface area contributed by atoms with Crippen LogP contribution in [0.5, 0.6) is 0 Å². The fourth-order valence-corrected chi connectivity index (χ4v) is 9.06. The summed E-state index contributed by atoms with van der Waals surface area (Å²) in [6, 6.07) is 6.64. The van der Waals surface area contributed by atoms with Crippen LogP contribution in [0.3, 0.4) is 0 Å². The molecule has 0 aromatic carbocycles. The molecule has 3 aromatic heterocycles. The molecule has 3 unspecified atom stereocenters. The van der Waals surface area contributed by atoms with E-state index in [1.807, 2.05) is 23.1 Å². The van der Waals surface area contributed by atoms with E-state index in [1.165, 1.54) is 6.20 Å². The van der Waals surface area contributed by atoms with Crippen LogP contribution in [0.25, 0.3) is 10.9 Å². The van der Waals surface area contributed by atoms with E-state index in [0.717, 1.165) is 48.1 Å². The number of anilines is 2. The quantitative estimate of drug-likeness (QED) is 0.287. The number of halogens is 3. The minimum atomic E-state index is -3.89. The molecule has 7 heterocycles. The highest BCUT2D eigenvalue weighted by atomic mass is 32.2. The van der Waals surface area contributed by atoms with Crippen LogP contribution in [0, 0.1) is 5.82 Å². The number of nitrogens with zero attached hydrogens (tertiary/aromatic N) is 5. The number of hydrazine groups is 1. The van der Waals surface area contributed by atoms with Crippen molar-refractivity contribution in [2.45, 2.75) is 99.6 Å². The third-order valence-corrected chi connectivity index (χ3v) is 11.4. The van der Waals surface area contributed by atoms with Crippen molar-refractivity contribution < 1.29 is 21.6 Å². The molecule has 4 aliphatic rings. The van der Waals surface area contributed by atoms with E-state index in [9.17, 15) is 21.6 Å². The first-order valence-electron chi connectivity index (χ1n) is 15.6. The number of rotatable bonds is 8. The monoisotopic (exact) mass is 645 g/mol. The number of hydrogen-bond donors (Lipinski definition) is 4. The Labute approximate surface area is 260 Å². The summed E-state index contributed by atoms with van der Waals surface area (Å²) in [7, 11) is -3.89. The second kappa shape index (κ2) is 11.9. The van der Waals surface area contributed by atoms with Crippen LogP contribution in [0.1, 0.15) is 57.6 Å². The molecule has 2 bridgehead atoms. The summed E-state index contributed by atoms with van der Waals surface area (Å²) in [6.07, 6.45) is 5.35. The predicted molar refractivity (Wildman–Crippen MR) is 163 cm³/mol. The molecule has 4 N–H and O–H groups in total. The number of nitrogens with one attached hydrogen (secondary N) is 4. The summed E-state index contributed by atoms with van der Waals surface area (Å²) in [5.41, 5.74) is 7.97. The van der Waals surface area contributed by atoms with E-state index >= 15 is 0 Å². The van der Waals surface area contributed by atoms with Gasteiger partial charge >= 0.3 is 0 Å². The van der Waals surface area contributed by atoms with Crippen LogP contribution in [-0.4, -0.2) is 81.9 Å². The molecule has 4 saturated heterocycles. The molecule has 4 aliphatic heterocycles. The van der Waals surface area contributed by atoms with E-state index in [4.69, 9.17) is 9.97 Å². The third-order valence-electron chi connectivity index (χ3n) is 9.39. The molecule has 0 aliphatic carbocycles. The molecule has 0 saturated carbocycles. The molecule has 45 heavy (non-hydrogen) atoms. The average Bonchev–Trinajstić information content (AvgIpc) is 3.53. The van der Waals surface area contributed by atoms with Crippen molar-refractivity contribution in [2.75, 3.05) is 23.7 Å². The highest BCUT2D eigenvalue weighted by molar-refractivity contribution is 7.89. The first-order chi connectivity index (χ1) is 21.5. The fraction of sp³-hybridized carbons (Fsp3) is 0.567. The van der Waals surface area contributed by atoms with Crippen molar-refractivity contribution >= 4 is 32.6 Å². The van der Waals surface area contributed by atoms with Gasteiger partial charge in [-0.1, -0.05) is 0 Å². The number of alkyl halides is 2. The van der Waals surface area contributed by atoms with Gasteiger partial charge in [0, 0.05) is 74.3 Å². The molecule has 0 amide bonds. The van der Waals surface area contributed by atoms with E-state index in [1.54, 1.807) is 4.31 Å². The molecule has 7 rings (SSSR count). The fourth-order valence-electron chi connectivity index (χ4n) is 7.19. The van der Waals surface area contributed by atoms with Crippen molar-refractivity contribution in [3.8, 4) is 0 Å². The number of piperidine rings is 2. The smallest absolute Gasteiger partial charge is 0.250 e. The van der Waals surface area contributed by atoms with E-state index < -0.39 is 21.8 Å². The third kappa shape index (κ3) is 6.45. The van der Waals surface area contributed by atoms with Crippen LogP contribution in [-0.2, 0) is 16.6 Å². The Morgan fingerprint density at radius 2 is 1.76 bits per heavy atom. The Balaban J connectivity index is 1.13. The van der Waals surface area contributed by atoms with Crippen LogP contribution in [0.2, 0.25) is 0 Å². The van der Waals surface area contributed by atoms with Crippen LogP contribution < -0.4 is 21.5 Å². The molecule has 15 heteroatoms. The summed E-state index contributed by atoms with van der Waals surface area (Å²) < 4.78 is 69.8. The van der Waals surface area contributed by atoms with Crippen molar-refractivity contribution in [3.63, 3.8) is 0 Å². The zero-order chi connectivity index (χ0) is 31.3. The number of likely N-dealkylation sites (tertiary alicyclic amines) is 1. The predicted octanol–water partition coefficient (Wildman–Crippen LogP) is 3.82. The molecule has 4 fully saturated rings. The lowest BCUT2D eigenvalue weighted by Gasteiger charge is -2.38. The zero-order valence-electron chi connectivity index (χ0n) is 25.0. The van der Waals surface area contributed by atoms with Crippen molar-refractivity contribution in [1.82, 2.24) is 35.0 Å². The molecule has 242 valence electrons. The standard InChI is InChI=1S/C30H38F3N9O2S/c1-18-10-28(40-39-18)37-27-14-26-25(5-2-20(35-26)17-41-8-6-30(32,33)7-9-41)29(38-27)36-21-12-22-3-4-23(13-21)42(22)45(43,44)24-11-19(31)15-34-16-24/h2,5,11,14-16,18,21-23,28,39-40H,3-4,6-10,12-13,17H2,1H3,(H2,36,37,38)/t18?,21?,22-,23+,28?. The lowest BCUT2D eigenvalue weighted by molar-refractivity contribution is -0.0568. The summed E-state index contributed by atoms with van der Waals surface area (Å²) in [5.74, 6) is -1.99. The Hall–Kier alpha value is -3.11. The molecule has 0 radical (unpaired) electrons. The zero-order valence-corrected chi connectivity index (χ0v) is 25.8. The van der Waals surface area contributed by atoms with Gasteiger partial charge in [-0.2, -0.15) is 4.31 Å². The topological polar surface area (TPSA) is 127 Å². The van der Waals surface area contributed by atoms with Crippen LogP contribution >= 0.6 is 0 Å². The number of aromatic nitrogens is 3. The Kier molecular flexibility index (Phi) is 8.09. The molecule has 0 spiro atoms. The number of sulfonamides is 1. The number of pyridine rings is 3. The minimum absolute atomic E-state index is 0.0300. The normalized spacial score (nSPS) is 28.8. The molecular weight excluding hydrogens is 607 g/mol. The van der Waals surface area contributed by atoms with Crippen LogP contribution in [0.4, 0.5) is 24.8 Å². The van der Waals surface area contributed by atoms with Gasteiger partial charge in [-0.3, -0.25) is 20.3 Å². The maximum Gasteiger partial charge on any atom is 0.250 e. The summed E-state index contributed by atoms with van der Waals surface area (Å²) in [6.45, 7) is 3.23. The largest absolute Gasteiger partial charge is 0.367 e. The van der Waals surface area contributed by atoms with Gasteiger partial charge in [-0.15, -0.1) is 0 Å². The number of hydrogen-bond acceptors (Lipinski definition) is 10. The van der Waals surface area contributed by atoms with Gasteiger partial charge in [-0.05, 0) is 57.2 Å². The second-order valence-electron chi connectivity index (χ2n) is 12.9. The molecule has 5 atom stereocenters. The van der Waals surface area contributed by atoms with Gasteiger partial charge in [-0.25, -0.2) is 32.0 Å². The van der Waals surface area contributed by atoms with Crippen LogP contribution in [0.15, 0.2) is 41.6 Å². The van der Waals surface area contributed by atoms with Crippen molar-refractivity contribution in [1.29, 1.82) is 0 Å². The van der Waals surface area contributed by atoms with E-state index in [-0.39, 0.29) is 42.0 Å². The molecular formula is C30H38F3N9O2S. The second-order valence-corrected chi connectivity index (χ2v) is 14.7. The van der Waals surface area contributed by atoms with E-state index in [2.05, 4.69) is 33.4 Å². The van der Waals surface area contributed by atoms with Crippen molar-refractivity contribution in [3.05, 3.63) is 48.2 Å². The van der Waals surface area contributed by atoms with E-state index in [0.29, 0.717) is 50.2 Å². The Bertz CT molecular complexity index is 1660. The first kappa shape index (κ1) is 30.5. The van der Waals surface area contributed by atoms with Gasteiger partial charge in [0.2, 0.25) is 10.0 Å². The highest BCUT2D eigenvalue weighted by Gasteiger charge is 2.47. The lowest BCUT2D eigenvalue weighted by atomic mass is 9.99. The molecule has 11 nitrogen and oxygen atoms in total. The Morgan fingerprint density at radius 1 is 1.00 bits per heavy atom. The van der Waals surface area contributed by atoms with Gasteiger partial charge in [0.25, 0.3) is 5.92 Å². The average molecular weight is 646 g/mol.